The number of hydrogen-bond donors (Lipinski definition) is 1. The Balaban J connectivity index is 2.26. The molecule has 0 aliphatic rings. The Morgan fingerprint density at radius 1 is 1.25 bits per heavy atom. The van der Waals surface area contributed by atoms with Crippen LogP contribution >= 0.6 is 0 Å². The van der Waals surface area contributed by atoms with Crippen LogP contribution in [-0.2, 0) is 4.79 Å². The summed E-state index contributed by atoms with van der Waals surface area (Å²) in [5.41, 5.74) is 0.246. The minimum absolute atomic E-state index is 0.178. The lowest BCUT2D eigenvalue weighted by atomic mass is 10.1. The summed E-state index contributed by atoms with van der Waals surface area (Å²) in [6, 6.07) is 14.2. The van der Waals surface area contributed by atoms with Gasteiger partial charge in [-0.2, -0.15) is 5.26 Å². The number of hydrogen-bond acceptors (Lipinski definition) is 5. The van der Waals surface area contributed by atoms with Gasteiger partial charge in [0.2, 0.25) is 0 Å². The molecule has 0 atom stereocenters. The highest BCUT2D eigenvalue weighted by molar-refractivity contribution is 6.09. The molecule has 7 nitrogen and oxygen atoms in total. The molecule has 2 aromatic rings. The number of benzene rings is 2. The normalized spacial score (nSPS) is 10.6. The van der Waals surface area contributed by atoms with E-state index in [1.807, 2.05) is 0 Å². The molecule has 120 valence electrons. The Bertz CT molecular complexity index is 836. The molecule has 0 unspecified atom stereocenters. The van der Waals surface area contributed by atoms with E-state index >= 15 is 0 Å². The zero-order chi connectivity index (χ0) is 17.5. The predicted octanol–water partition coefficient (Wildman–Crippen LogP) is 3.15. The molecule has 1 amide bonds. The molecule has 1 N–H and O–H groups in total. The maximum absolute atomic E-state index is 12.2. The van der Waals surface area contributed by atoms with Crippen LogP contribution in [0.1, 0.15) is 5.56 Å². The first-order chi connectivity index (χ1) is 11.5. The largest absolute Gasteiger partial charge is 0.497 e. The van der Waals surface area contributed by atoms with E-state index in [1.165, 1.54) is 31.4 Å². The molecule has 0 radical (unpaired) electrons. The highest BCUT2D eigenvalue weighted by atomic mass is 16.6. The second kappa shape index (κ2) is 7.56. The van der Waals surface area contributed by atoms with Crippen LogP contribution in [0.25, 0.3) is 6.08 Å². The van der Waals surface area contributed by atoms with Crippen molar-refractivity contribution in [3.05, 3.63) is 69.8 Å². The lowest BCUT2D eigenvalue weighted by molar-refractivity contribution is -0.385. The van der Waals surface area contributed by atoms with Crippen molar-refractivity contribution in [2.45, 2.75) is 0 Å². The van der Waals surface area contributed by atoms with E-state index in [2.05, 4.69) is 5.32 Å². The van der Waals surface area contributed by atoms with Gasteiger partial charge >= 0.3 is 0 Å². The summed E-state index contributed by atoms with van der Waals surface area (Å²) in [4.78, 5) is 22.6. The van der Waals surface area contributed by atoms with Gasteiger partial charge in [-0.25, -0.2) is 0 Å². The molecule has 0 bridgehead atoms. The van der Waals surface area contributed by atoms with E-state index in [1.54, 1.807) is 36.4 Å². The van der Waals surface area contributed by atoms with Gasteiger partial charge in [-0.1, -0.05) is 12.1 Å². The number of carbonyl (C=O) groups excluding carboxylic acids is 1. The Morgan fingerprint density at radius 2 is 1.92 bits per heavy atom. The quantitative estimate of drug-likeness (QED) is 0.394. The number of para-hydroxylation sites is 1. The average molecular weight is 323 g/mol. The first kappa shape index (κ1) is 16.7. The smallest absolute Gasteiger partial charge is 0.276 e. The minimum atomic E-state index is -0.652. The lowest BCUT2D eigenvalue weighted by Crippen LogP contribution is -2.13. The summed E-state index contributed by atoms with van der Waals surface area (Å²) in [6.45, 7) is 0. The van der Waals surface area contributed by atoms with Gasteiger partial charge < -0.3 is 10.1 Å². The van der Waals surface area contributed by atoms with Crippen molar-refractivity contribution in [3.63, 3.8) is 0 Å². The molecule has 0 aliphatic heterocycles. The Labute approximate surface area is 137 Å². The summed E-state index contributed by atoms with van der Waals surface area (Å²) in [5.74, 6) is -0.0234. The maximum atomic E-state index is 12.2. The topological polar surface area (TPSA) is 105 Å². The molecule has 7 heteroatoms. The van der Waals surface area contributed by atoms with Crippen LogP contribution in [0.2, 0.25) is 0 Å². The molecule has 0 aliphatic carbocycles. The van der Waals surface area contributed by atoms with E-state index in [0.29, 0.717) is 11.4 Å². The molecular weight excluding hydrogens is 310 g/mol. The number of methoxy groups -OCH3 is 1. The summed E-state index contributed by atoms with van der Waals surface area (Å²) < 4.78 is 5.02. The van der Waals surface area contributed by atoms with E-state index < -0.39 is 10.8 Å². The van der Waals surface area contributed by atoms with Gasteiger partial charge in [-0.3, -0.25) is 14.9 Å². The van der Waals surface area contributed by atoms with Crippen molar-refractivity contribution >= 4 is 23.4 Å². The summed E-state index contributed by atoms with van der Waals surface area (Å²) in [5, 5.41) is 22.7. The first-order valence-corrected chi connectivity index (χ1v) is 6.85. The molecule has 0 heterocycles. The molecule has 0 aromatic heterocycles. The van der Waals surface area contributed by atoms with Crippen LogP contribution in [0.3, 0.4) is 0 Å². The number of amides is 1. The van der Waals surface area contributed by atoms with E-state index in [4.69, 9.17) is 4.74 Å². The van der Waals surface area contributed by atoms with Crippen LogP contribution in [-0.4, -0.2) is 17.9 Å². The predicted molar refractivity (Wildman–Crippen MR) is 88.3 cm³/mol. The van der Waals surface area contributed by atoms with Gasteiger partial charge in [-0.05, 0) is 36.4 Å². The Kier molecular flexibility index (Phi) is 5.26. The Hall–Kier alpha value is -3.66. The van der Waals surface area contributed by atoms with Gasteiger partial charge in [0.05, 0.1) is 17.6 Å². The van der Waals surface area contributed by atoms with Crippen molar-refractivity contribution in [2.24, 2.45) is 0 Å². The monoisotopic (exact) mass is 323 g/mol. The standard InChI is InChI=1S/C17H13N3O4/c1-24-15-8-6-14(7-9-15)19-17(21)13(11-18)10-12-4-2-3-5-16(12)20(22)23/h2-10H,1H3,(H,19,21)/b13-10-. The second-order valence-electron chi connectivity index (χ2n) is 4.67. The molecule has 0 fully saturated rings. The van der Waals surface area contributed by atoms with E-state index in [-0.39, 0.29) is 16.8 Å². The zero-order valence-electron chi connectivity index (χ0n) is 12.7. The second-order valence-corrected chi connectivity index (χ2v) is 4.67. The number of nitriles is 1. The highest BCUT2D eigenvalue weighted by Crippen LogP contribution is 2.21. The van der Waals surface area contributed by atoms with Gasteiger partial charge in [0.1, 0.15) is 17.4 Å². The number of nitro groups is 1. The fraction of sp³-hybridized carbons (Fsp3) is 0.0588. The number of ether oxygens (including phenoxy) is 1. The third kappa shape index (κ3) is 3.96. The highest BCUT2D eigenvalue weighted by Gasteiger charge is 2.15. The minimum Gasteiger partial charge on any atom is -0.497 e. The van der Waals surface area contributed by atoms with Crippen molar-refractivity contribution < 1.29 is 14.5 Å². The first-order valence-electron chi connectivity index (χ1n) is 6.85. The van der Waals surface area contributed by atoms with Crippen LogP contribution in [0.4, 0.5) is 11.4 Å². The van der Waals surface area contributed by atoms with Crippen molar-refractivity contribution in [1.82, 2.24) is 0 Å². The molecule has 0 spiro atoms. The Morgan fingerprint density at radius 3 is 2.50 bits per heavy atom. The molecule has 2 rings (SSSR count). The van der Waals surface area contributed by atoms with Crippen molar-refractivity contribution in [1.29, 1.82) is 5.26 Å². The number of nitrogens with one attached hydrogen (secondary N) is 1. The summed E-state index contributed by atoms with van der Waals surface area (Å²) in [6.07, 6.45) is 1.19. The van der Waals surface area contributed by atoms with Gasteiger partial charge in [0, 0.05) is 11.8 Å². The number of nitrogens with zero attached hydrogens (tertiary/aromatic N) is 2. The molecule has 0 saturated heterocycles. The van der Waals surface area contributed by atoms with Crippen LogP contribution in [0.15, 0.2) is 54.1 Å². The third-order valence-corrected chi connectivity index (χ3v) is 3.15. The van der Waals surface area contributed by atoms with Crippen LogP contribution < -0.4 is 10.1 Å². The number of carbonyl (C=O) groups is 1. The van der Waals surface area contributed by atoms with Crippen molar-refractivity contribution in [2.75, 3.05) is 12.4 Å². The van der Waals surface area contributed by atoms with Gasteiger partial charge in [-0.15, -0.1) is 0 Å². The molecule has 0 saturated carbocycles. The fourth-order valence-corrected chi connectivity index (χ4v) is 1.95. The fourth-order valence-electron chi connectivity index (χ4n) is 1.95. The van der Waals surface area contributed by atoms with E-state index in [9.17, 15) is 20.2 Å². The van der Waals surface area contributed by atoms with Gasteiger partial charge in [0.15, 0.2) is 0 Å². The maximum Gasteiger partial charge on any atom is 0.276 e. The molecule has 2 aromatic carbocycles. The average Bonchev–Trinajstić information content (AvgIpc) is 2.60. The summed E-state index contributed by atoms with van der Waals surface area (Å²) in [7, 11) is 1.52. The summed E-state index contributed by atoms with van der Waals surface area (Å²) >= 11 is 0. The van der Waals surface area contributed by atoms with Crippen LogP contribution in [0.5, 0.6) is 5.75 Å². The van der Waals surface area contributed by atoms with Gasteiger partial charge in [0.25, 0.3) is 11.6 Å². The molecular formula is C17H13N3O4. The SMILES string of the molecule is COc1ccc(NC(=O)/C(C#N)=C\c2ccccc2[N+](=O)[O-])cc1. The third-order valence-electron chi connectivity index (χ3n) is 3.15. The number of rotatable bonds is 5. The van der Waals surface area contributed by atoms with Crippen LogP contribution in [0, 0.1) is 21.4 Å². The lowest BCUT2D eigenvalue weighted by Gasteiger charge is -2.05. The zero-order valence-corrected chi connectivity index (χ0v) is 12.7. The van der Waals surface area contributed by atoms with Crippen molar-refractivity contribution in [3.8, 4) is 11.8 Å². The molecule has 24 heavy (non-hydrogen) atoms. The van der Waals surface area contributed by atoms with E-state index in [0.717, 1.165) is 0 Å². The number of nitro benzene ring substituents is 1. The number of anilines is 1.